The second kappa shape index (κ2) is 5.02. The van der Waals surface area contributed by atoms with Gasteiger partial charge in [0.2, 0.25) is 11.6 Å². The molecule has 0 saturated heterocycles. The second-order valence-electron chi connectivity index (χ2n) is 3.12. The molecular weight excluding hydrogens is 259 g/mol. The zero-order valence-corrected chi connectivity index (χ0v) is 9.02. The molecule has 1 rings (SSSR count). The van der Waals surface area contributed by atoms with Crippen molar-refractivity contribution in [3.63, 3.8) is 0 Å². The van der Waals surface area contributed by atoms with Crippen molar-refractivity contribution in [1.82, 2.24) is 10.1 Å². The van der Waals surface area contributed by atoms with E-state index < -0.39 is 35.9 Å². The lowest BCUT2D eigenvalue weighted by molar-refractivity contribution is -0.159. The van der Waals surface area contributed by atoms with Crippen molar-refractivity contribution in [2.75, 3.05) is 0 Å². The smallest absolute Gasteiger partial charge is 0.438 e. The van der Waals surface area contributed by atoms with Crippen LogP contribution in [0.15, 0.2) is 4.52 Å². The van der Waals surface area contributed by atoms with Crippen LogP contribution in [0.5, 0.6) is 0 Å². The van der Waals surface area contributed by atoms with Crippen LogP contribution in [0.4, 0.5) is 18.0 Å². The fraction of sp³-hybridized carbons (Fsp3) is 0.500. The highest BCUT2D eigenvalue weighted by atomic mass is 19.4. The number of halogens is 3. The number of primary amides is 1. The van der Waals surface area contributed by atoms with Gasteiger partial charge in [-0.15, -0.1) is 0 Å². The number of ether oxygens (including phenoxy) is 1. The number of aromatic nitrogens is 2. The number of nitrogens with two attached hydrogens (primary N) is 1. The van der Waals surface area contributed by atoms with Gasteiger partial charge in [-0.1, -0.05) is 12.1 Å². The number of ketones is 1. The number of carbonyl (C=O) groups excluding carboxylic acids is 2. The lowest BCUT2D eigenvalue weighted by Gasteiger charge is -2.10. The largest absolute Gasteiger partial charge is 0.471 e. The number of carbonyl (C=O) groups is 2. The van der Waals surface area contributed by atoms with Crippen LogP contribution in [0, 0.1) is 0 Å². The quantitative estimate of drug-likeness (QED) is 0.819. The number of alkyl halides is 3. The number of hydrogen-bond acceptors (Lipinski definition) is 6. The highest BCUT2D eigenvalue weighted by molar-refractivity contribution is 5.96. The summed E-state index contributed by atoms with van der Waals surface area (Å²) in [5.74, 6) is -3.49. The second-order valence-corrected chi connectivity index (χ2v) is 3.12. The van der Waals surface area contributed by atoms with E-state index in [9.17, 15) is 22.8 Å². The van der Waals surface area contributed by atoms with Crippen molar-refractivity contribution in [1.29, 1.82) is 0 Å². The lowest BCUT2D eigenvalue weighted by atomic mass is 10.2. The maximum Gasteiger partial charge on any atom is 0.471 e. The topological polar surface area (TPSA) is 108 Å². The van der Waals surface area contributed by atoms with E-state index in [1.165, 1.54) is 6.92 Å². The van der Waals surface area contributed by atoms with Gasteiger partial charge in [-0.3, -0.25) is 4.79 Å². The summed E-state index contributed by atoms with van der Waals surface area (Å²) in [6.07, 6.45) is -7.41. The summed E-state index contributed by atoms with van der Waals surface area (Å²) in [6.45, 7) is 1.47. The summed E-state index contributed by atoms with van der Waals surface area (Å²) in [5.41, 5.74) is 4.70. The van der Waals surface area contributed by atoms with E-state index >= 15 is 0 Å². The molecule has 0 aliphatic heterocycles. The SMILES string of the molecule is CC[C@H](OC(N)=O)C(=O)c1noc(C(F)(F)F)n1. The molecule has 1 amide bonds. The molecule has 0 spiro atoms. The Labute approximate surface area is 98.1 Å². The molecule has 100 valence electrons. The van der Waals surface area contributed by atoms with Crippen LogP contribution in [-0.4, -0.2) is 28.1 Å². The molecule has 7 nitrogen and oxygen atoms in total. The van der Waals surface area contributed by atoms with Crippen LogP contribution >= 0.6 is 0 Å². The number of rotatable bonds is 4. The predicted molar refractivity (Wildman–Crippen MR) is 48.4 cm³/mol. The van der Waals surface area contributed by atoms with Crippen LogP contribution in [0.2, 0.25) is 0 Å². The zero-order valence-electron chi connectivity index (χ0n) is 9.02. The minimum Gasteiger partial charge on any atom is -0.438 e. The summed E-state index contributed by atoms with van der Waals surface area (Å²) < 4.78 is 44.7. The molecule has 1 atom stereocenters. The number of amides is 1. The molecule has 0 aliphatic carbocycles. The van der Waals surface area contributed by atoms with Gasteiger partial charge in [0.1, 0.15) is 0 Å². The Bertz CT molecular complexity index is 457. The van der Waals surface area contributed by atoms with Crippen LogP contribution in [0.3, 0.4) is 0 Å². The summed E-state index contributed by atoms with van der Waals surface area (Å²) in [5, 5.41) is 2.87. The maximum atomic E-state index is 12.1. The van der Waals surface area contributed by atoms with Crippen molar-refractivity contribution in [2.24, 2.45) is 5.73 Å². The molecule has 0 radical (unpaired) electrons. The van der Waals surface area contributed by atoms with Gasteiger partial charge < -0.3 is 15.0 Å². The van der Waals surface area contributed by atoms with Gasteiger partial charge in [0.15, 0.2) is 6.10 Å². The zero-order chi connectivity index (χ0) is 13.9. The van der Waals surface area contributed by atoms with Gasteiger partial charge in [0, 0.05) is 0 Å². The predicted octanol–water partition coefficient (Wildman–Crippen LogP) is 1.15. The highest BCUT2D eigenvalue weighted by Crippen LogP contribution is 2.27. The van der Waals surface area contributed by atoms with Gasteiger partial charge in [-0.05, 0) is 6.42 Å². The fourth-order valence-corrected chi connectivity index (χ4v) is 1.05. The first-order valence-electron chi connectivity index (χ1n) is 4.67. The monoisotopic (exact) mass is 267 g/mol. The van der Waals surface area contributed by atoms with Crippen molar-refractivity contribution in [3.8, 4) is 0 Å². The first-order valence-corrected chi connectivity index (χ1v) is 4.67. The minimum absolute atomic E-state index is 0.0116. The van der Waals surface area contributed by atoms with Gasteiger partial charge in [-0.25, -0.2) is 4.79 Å². The standard InChI is InChI=1S/C8H8F3N3O4/c1-2-3(17-7(12)16)4(15)5-13-6(18-14-5)8(9,10)11/h3H,2H2,1H3,(H2,12,16)/t3-/m0/s1. The Balaban J connectivity index is 2.89. The van der Waals surface area contributed by atoms with Crippen LogP contribution in [0.1, 0.15) is 29.9 Å². The van der Waals surface area contributed by atoms with Crippen molar-refractivity contribution >= 4 is 11.9 Å². The van der Waals surface area contributed by atoms with Crippen LogP contribution < -0.4 is 5.73 Å². The van der Waals surface area contributed by atoms with E-state index in [1.54, 1.807) is 0 Å². The Kier molecular flexibility index (Phi) is 3.89. The molecule has 1 aromatic heterocycles. The summed E-state index contributed by atoms with van der Waals surface area (Å²) in [6, 6.07) is 0. The molecule has 10 heteroatoms. The third kappa shape index (κ3) is 3.18. The van der Waals surface area contributed by atoms with Crippen molar-refractivity contribution < 1.29 is 32.0 Å². The van der Waals surface area contributed by atoms with Gasteiger partial charge >= 0.3 is 18.2 Å². The Morgan fingerprint density at radius 2 is 2.11 bits per heavy atom. The molecule has 0 bridgehead atoms. The summed E-state index contributed by atoms with van der Waals surface area (Å²) in [4.78, 5) is 24.9. The first kappa shape index (κ1) is 13.9. The summed E-state index contributed by atoms with van der Waals surface area (Å²) in [7, 11) is 0. The third-order valence-electron chi connectivity index (χ3n) is 1.81. The van der Waals surface area contributed by atoms with Gasteiger partial charge in [0.05, 0.1) is 0 Å². The third-order valence-corrected chi connectivity index (χ3v) is 1.81. The van der Waals surface area contributed by atoms with Gasteiger partial charge in [-0.2, -0.15) is 18.2 Å². The van der Waals surface area contributed by atoms with E-state index in [1.807, 2.05) is 0 Å². The van der Waals surface area contributed by atoms with E-state index in [-0.39, 0.29) is 6.42 Å². The average molecular weight is 267 g/mol. The number of Topliss-reactive ketones (excluding diaryl/α,β-unsaturated/α-hetero) is 1. The molecule has 0 fully saturated rings. The van der Waals surface area contributed by atoms with E-state index in [0.717, 1.165) is 0 Å². The normalized spacial score (nSPS) is 13.1. The lowest BCUT2D eigenvalue weighted by Crippen LogP contribution is -2.30. The molecule has 1 heterocycles. The average Bonchev–Trinajstić information content (AvgIpc) is 2.73. The summed E-state index contributed by atoms with van der Waals surface area (Å²) >= 11 is 0. The molecular formula is C8H8F3N3O4. The Morgan fingerprint density at radius 1 is 1.50 bits per heavy atom. The molecule has 2 N–H and O–H groups in total. The Hall–Kier alpha value is -2.13. The van der Waals surface area contributed by atoms with Crippen LogP contribution in [0.25, 0.3) is 0 Å². The maximum absolute atomic E-state index is 12.1. The molecule has 0 aromatic carbocycles. The van der Waals surface area contributed by atoms with E-state index in [0.29, 0.717) is 0 Å². The molecule has 1 aromatic rings. The molecule has 0 unspecified atom stereocenters. The molecule has 18 heavy (non-hydrogen) atoms. The van der Waals surface area contributed by atoms with Crippen LogP contribution in [-0.2, 0) is 10.9 Å². The van der Waals surface area contributed by atoms with Crippen molar-refractivity contribution in [3.05, 3.63) is 11.7 Å². The highest BCUT2D eigenvalue weighted by Gasteiger charge is 2.40. The minimum atomic E-state index is -4.85. The Morgan fingerprint density at radius 3 is 2.50 bits per heavy atom. The first-order chi connectivity index (χ1) is 8.25. The molecule has 0 aliphatic rings. The van der Waals surface area contributed by atoms with Crippen molar-refractivity contribution in [2.45, 2.75) is 25.6 Å². The number of nitrogens with zero attached hydrogens (tertiary/aromatic N) is 2. The fourth-order valence-electron chi connectivity index (χ4n) is 1.05. The number of hydrogen-bond donors (Lipinski definition) is 1. The van der Waals surface area contributed by atoms with E-state index in [2.05, 4.69) is 19.4 Å². The van der Waals surface area contributed by atoms with E-state index in [4.69, 9.17) is 5.73 Å². The van der Waals surface area contributed by atoms with Gasteiger partial charge in [0.25, 0.3) is 0 Å². The molecule has 0 saturated carbocycles.